The van der Waals surface area contributed by atoms with Crippen molar-refractivity contribution in [3.63, 3.8) is 0 Å². The number of hydrogen-bond acceptors (Lipinski definition) is 9. The van der Waals surface area contributed by atoms with E-state index in [1.54, 1.807) is 36.1 Å². The van der Waals surface area contributed by atoms with Crippen LogP contribution in [0.15, 0.2) is 59.3 Å². The lowest BCUT2D eigenvalue weighted by Crippen LogP contribution is -1.95. The number of aromatic carboxylic acids is 2. The number of nitrogens with two attached hydrogens (primary N) is 1. The van der Waals surface area contributed by atoms with Crippen molar-refractivity contribution >= 4 is 46.0 Å². The van der Waals surface area contributed by atoms with E-state index in [9.17, 15) is 19.7 Å². The van der Waals surface area contributed by atoms with Crippen molar-refractivity contribution in [1.82, 2.24) is 0 Å². The van der Waals surface area contributed by atoms with Gasteiger partial charge >= 0.3 is 17.6 Å². The number of anilines is 1. The molecule has 0 aliphatic rings. The van der Waals surface area contributed by atoms with Crippen LogP contribution >= 0.6 is 22.7 Å². The van der Waals surface area contributed by atoms with Crippen LogP contribution in [0.2, 0.25) is 0 Å². The molecule has 36 heavy (non-hydrogen) atoms. The minimum absolute atomic E-state index is 0.127. The van der Waals surface area contributed by atoms with Crippen molar-refractivity contribution < 1.29 is 34.2 Å². The fourth-order valence-electron chi connectivity index (χ4n) is 3.30. The van der Waals surface area contributed by atoms with Gasteiger partial charge in [-0.05, 0) is 40.1 Å². The Morgan fingerprint density at radius 1 is 0.861 bits per heavy atom. The maximum Gasteiger partial charge on any atom is 0.345 e. The third-order valence-electron chi connectivity index (χ3n) is 4.89. The highest BCUT2D eigenvalue weighted by Crippen LogP contribution is 2.39. The second kappa shape index (κ2) is 11.3. The quantitative estimate of drug-likeness (QED) is 0.154. The van der Waals surface area contributed by atoms with Gasteiger partial charge in [-0.1, -0.05) is 24.3 Å². The van der Waals surface area contributed by atoms with Crippen LogP contribution in [0, 0.1) is 10.1 Å². The van der Waals surface area contributed by atoms with Crippen LogP contribution < -0.4 is 15.2 Å². The van der Waals surface area contributed by atoms with E-state index in [1.165, 1.54) is 36.6 Å². The molecule has 0 bridgehead atoms. The lowest BCUT2D eigenvalue weighted by molar-refractivity contribution is -0.385. The first-order valence-electron chi connectivity index (χ1n) is 10.1. The molecule has 0 spiro atoms. The monoisotopic (exact) mass is 528 g/mol. The Kier molecular flexibility index (Phi) is 8.25. The molecule has 0 fully saturated rings. The van der Waals surface area contributed by atoms with Crippen LogP contribution in [0.3, 0.4) is 0 Å². The summed E-state index contributed by atoms with van der Waals surface area (Å²) in [5, 5.41) is 32.1. The van der Waals surface area contributed by atoms with Gasteiger partial charge in [0.15, 0.2) is 0 Å². The molecular formula is C24H20N2O8S2. The lowest BCUT2D eigenvalue weighted by atomic mass is 10.1. The summed E-state index contributed by atoms with van der Waals surface area (Å²) in [4.78, 5) is 32.5. The van der Waals surface area contributed by atoms with Gasteiger partial charge in [0, 0.05) is 17.2 Å². The third kappa shape index (κ3) is 5.62. The predicted octanol–water partition coefficient (Wildman–Crippen LogP) is 5.73. The van der Waals surface area contributed by atoms with E-state index in [-0.39, 0.29) is 16.3 Å². The lowest BCUT2D eigenvalue weighted by Gasteiger charge is -2.09. The van der Waals surface area contributed by atoms with E-state index in [4.69, 9.17) is 25.4 Å². The van der Waals surface area contributed by atoms with Crippen LogP contribution in [-0.2, 0) is 0 Å². The minimum atomic E-state index is -1.03. The number of nitrogen functional groups attached to an aromatic ring is 1. The summed E-state index contributed by atoms with van der Waals surface area (Å²) in [5.74, 6) is -1.26. The van der Waals surface area contributed by atoms with E-state index >= 15 is 0 Å². The van der Waals surface area contributed by atoms with E-state index in [2.05, 4.69) is 0 Å². The Morgan fingerprint density at radius 2 is 1.33 bits per heavy atom. The Bertz CT molecular complexity index is 1430. The Morgan fingerprint density at radius 3 is 1.75 bits per heavy atom. The zero-order chi connectivity index (χ0) is 26.4. The summed E-state index contributed by atoms with van der Waals surface area (Å²) in [6, 6.07) is 13.0. The third-order valence-corrected chi connectivity index (χ3v) is 6.72. The van der Waals surface area contributed by atoms with Crippen LogP contribution in [0.4, 0.5) is 11.4 Å². The van der Waals surface area contributed by atoms with E-state index in [0.717, 1.165) is 22.5 Å². The van der Waals surface area contributed by atoms with Gasteiger partial charge in [0.1, 0.15) is 15.5 Å². The highest BCUT2D eigenvalue weighted by Gasteiger charge is 2.20. The second-order valence-corrected chi connectivity index (χ2v) is 8.88. The molecule has 0 saturated carbocycles. The zero-order valence-corrected chi connectivity index (χ0v) is 20.6. The number of rotatable bonds is 7. The molecule has 4 N–H and O–H groups in total. The fraction of sp³-hybridized carbons (Fsp3) is 0.0833. The average Bonchev–Trinajstić information content (AvgIpc) is 3.54. The van der Waals surface area contributed by atoms with Crippen LogP contribution in [-0.4, -0.2) is 41.3 Å². The predicted molar refractivity (Wildman–Crippen MR) is 138 cm³/mol. The molecular weight excluding hydrogens is 508 g/mol. The topological polar surface area (TPSA) is 162 Å². The molecule has 0 aliphatic heterocycles. The van der Waals surface area contributed by atoms with Gasteiger partial charge in [0.05, 0.1) is 24.8 Å². The molecule has 0 aliphatic carbocycles. The number of thiophene rings is 2. The molecule has 0 amide bonds. The van der Waals surface area contributed by atoms with Gasteiger partial charge in [-0.3, -0.25) is 10.1 Å². The number of benzene rings is 2. The Hall–Kier alpha value is -4.42. The minimum Gasteiger partial charge on any atom is -0.494 e. The largest absolute Gasteiger partial charge is 0.494 e. The Balaban J connectivity index is 0.000000202. The molecule has 2 aromatic carbocycles. The number of carboxylic acids is 2. The number of nitro groups is 1. The molecule has 10 nitrogen and oxygen atoms in total. The molecule has 12 heteroatoms. The number of carbonyl (C=O) groups is 2. The molecule has 186 valence electrons. The van der Waals surface area contributed by atoms with Gasteiger partial charge in [-0.25, -0.2) is 9.59 Å². The summed E-state index contributed by atoms with van der Waals surface area (Å²) < 4.78 is 10.3. The first-order valence-corrected chi connectivity index (χ1v) is 11.8. The molecule has 0 radical (unpaired) electrons. The molecule has 2 aromatic heterocycles. The molecule has 4 rings (SSSR count). The van der Waals surface area contributed by atoms with Crippen molar-refractivity contribution in [2.24, 2.45) is 0 Å². The molecule has 0 saturated heterocycles. The highest BCUT2D eigenvalue weighted by atomic mass is 32.1. The first-order chi connectivity index (χ1) is 17.2. The van der Waals surface area contributed by atoms with Crippen molar-refractivity contribution in [2.75, 3.05) is 20.0 Å². The van der Waals surface area contributed by atoms with E-state index < -0.39 is 16.9 Å². The maximum absolute atomic E-state index is 10.9. The van der Waals surface area contributed by atoms with Crippen molar-refractivity contribution in [1.29, 1.82) is 0 Å². The molecule has 4 aromatic rings. The summed E-state index contributed by atoms with van der Waals surface area (Å²) >= 11 is 2.24. The number of methoxy groups -OCH3 is 2. The van der Waals surface area contributed by atoms with Gasteiger partial charge in [0.2, 0.25) is 5.75 Å². The van der Waals surface area contributed by atoms with Crippen molar-refractivity contribution in [3.05, 3.63) is 79.2 Å². The maximum atomic E-state index is 10.9. The number of nitrogens with zero attached hydrogens (tertiary/aromatic N) is 1. The molecule has 0 atom stereocenters. The standard InChI is InChI=1S/C12H9NO5S.C12H11NO3S/c1-18-11-8(3-2-4-9(11)13(16)17)7-5-10(12(14)15)19-6-7;1-16-11-8(3-2-4-9(11)13)7-5-10(12(14)15)17-6-7/h2-6H,1H3,(H,14,15);2-6H,13H2,1H3,(H,14,15). The van der Waals surface area contributed by atoms with Crippen LogP contribution in [0.25, 0.3) is 22.3 Å². The first kappa shape index (κ1) is 26.2. The summed E-state index contributed by atoms with van der Waals surface area (Å²) in [6.45, 7) is 0. The van der Waals surface area contributed by atoms with E-state index in [0.29, 0.717) is 27.4 Å². The highest BCUT2D eigenvalue weighted by molar-refractivity contribution is 7.12. The fourth-order valence-corrected chi connectivity index (χ4v) is 4.79. The smallest absolute Gasteiger partial charge is 0.345 e. The van der Waals surface area contributed by atoms with Crippen molar-refractivity contribution in [2.45, 2.75) is 0 Å². The molecule has 2 heterocycles. The van der Waals surface area contributed by atoms with Gasteiger partial charge in [-0.15, -0.1) is 22.7 Å². The molecule has 0 unspecified atom stereocenters. The van der Waals surface area contributed by atoms with Crippen LogP contribution in [0.5, 0.6) is 11.5 Å². The number of nitro benzene ring substituents is 1. The van der Waals surface area contributed by atoms with Crippen LogP contribution in [0.1, 0.15) is 19.3 Å². The van der Waals surface area contributed by atoms with Gasteiger partial charge in [-0.2, -0.15) is 0 Å². The van der Waals surface area contributed by atoms with Gasteiger partial charge < -0.3 is 25.4 Å². The summed E-state index contributed by atoms with van der Waals surface area (Å²) in [5.41, 5.74) is 8.87. The SMILES string of the molecule is COc1c(-c2csc(C(=O)O)c2)cccc1[N+](=O)[O-].COc1c(N)cccc1-c1csc(C(=O)O)c1. The van der Waals surface area contributed by atoms with E-state index in [1.807, 2.05) is 12.1 Å². The number of hydrogen-bond donors (Lipinski definition) is 3. The Labute approximate surface area is 212 Å². The average molecular weight is 529 g/mol. The van der Waals surface area contributed by atoms with Gasteiger partial charge in [0.25, 0.3) is 0 Å². The summed E-state index contributed by atoms with van der Waals surface area (Å²) in [7, 11) is 2.88. The number of ether oxygens (including phenoxy) is 2. The number of para-hydroxylation sites is 2. The normalized spacial score (nSPS) is 10.2. The second-order valence-electron chi connectivity index (χ2n) is 7.05. The summed E-state index contributed by atoms with van der Waals surface area (Å²) in [6.07, 6.45) is 0. The zero-order valence-electron chi connectivity index (χ0n) is 19.0. The number of carboxylic acid groups (broad SMARTS) is 2. The van der Waals surface area contributed by atoms with Crippen molar-refractivity contribution in [3.8, 4) is 33.8 Å².